The van der Waals surface area contributed by atoms with Crippen molar-refractivity contribution in [1.82, 2.24) is 143 Å². The molecule has 0 saturated heterocycles. The summed E-state index contributed by atoms with van der Waals surface area (Å²) in [4.78, 5) is 118. The predicted octanol–water partition coefficient (Wildman–Crippen LogP) is 10.2. The molecule has 52 heteroatoms. The molecule has 0 radical (unpaired) electrons. The normalized spacial score (nSPS) is 12.2. The third-order valence-electron chi connectivity index (χ3n) is 21.1. The SMILES string of the molecule is C=CCn1c(CO)nn(C(C)(C)C)c1=O.CC(C)(C)n1nc(CO)n(CC(F)F)c1=O.CC(C)n1c(CO)nn(C(C)(C)C)c1=O.CCCCn1c(CF)nn(C(C)(C)C)c1=O.CCCn1c(CF)nn(C(C)(C)C)c1=O.CCCn1c(CF)nn(C(C)C)c1=O.CCCn1c(CO)nn(C(C)(C)C)c1=O.CCn1c(C(C)O)nn(C(C)(C)C)c1=O.CCn1c(CF)nn(C(C)C)c1=O.CCn1c(CO)nn(C(C)(C)C)c1=O. The van der Waals surface area contributed by atoms with Crippen molar-refractivity contribution < 1.29 is 57.0 Å². The number of alkyl halides is 6. The summed E-state index contributed by atoms with van der Waals surface area (Å²) in [5.41, 5.74) is -5.57. The van der Waals surface area contributed by atoms with Crippen LogP contribution in [0.15, 0.2) is 60.6 Å². The highest BCUT2D eigenvalue weighted by molar-refractivity contribution is 4.99. The maximum absolute atomic E-state index is 12.8. The summed E-state index contributed by atoms with van der Waals surface area (Å²) in [5.74, 6) is 2.93. The number of hydrogen-bond donors (Lipinski definition) is 6. The van der Waals surface area contributed by atoms with E-state index in [4.69, 9.17) is 25.5 Å². The van der Waals surface area contributed by atoms with Crippen LogP contribution in [0, 0.1) is 0 Å². The van der Waals surface area contributed by atoms with Crippen LogP contribution in [-0.4, -0.2) is 181 Å². The molecule has 1 atom stereocenters. The van der Waals surface area contributed by atoms with E-state index >= 15 is 0 Å². The van der Waals surface area contributed by atoms with Gasteiger partial charge in [0.25, 0.3) is 6.43 Å². The van der Waals surface area contributed by atoms with Crippen molar-refractivity contribution in [2.75, 3.05) is 0 Å². The van der Waals surface area contributed by atoms with Crippen molar-refractivity contribution in [2.24, 2.45) is 0 Å². The fraction of sp³-hybridized carbons (Fsp3) is 0.771. The first kappa shape index (κ1) is 134. The zero-order valence-electron chi connectivity index (χ0n) is 94.9. The van der Waals surface area contributed by atoms with Crippen LogP contribution in [-0.2, 0) is 163 Å². The van der Waals surface area contributed by atoms with Gasteiger partial charge in [0, 0.05) is 58.4 Å². The van der Waals surface area contributed by atoms with Crippen LogP contribution < -0.4 is 56.9 Å². The van der Waals surface area contributed by atoms with Gasteiger partial charge in [0.1, 0.15) is 65.8 Å². The lowest BCUT2D eigenvalue weighted by Gasteiger charge is -2.17. The molecule has 0 saturated carbocycles. The van der Waals surface area contributed by atoms with E-state index in [2.05, 4.69) is 57.6 Å². The number of nitrogens with zero attached hydrogens (tertiary/aromatic N) is 30. The Hall–Kier alpha value is -11.5. The number of aromatic nitrogens is 30. The number of unbranched alkanes of at least 4 members (excludes halogenated alkanes) is 1. The van der Waals surface area contributed by atoms with E-state index in [9.17, 15) is 79.4 Å². The van der Waals surface area contributed by atoms with Crippen molar-refractivity contribution in [3.8, 4) is 0 Å². The van der Waals surface area contributed by atoms with Gasteiger partial charge in [0.05, 0.1) is 62.9 Å². The van der Waals surface area contributed by atoms with E-state index in [1.807, 2.05) is 228 Å². The largest absolute Gasteiger partial charge is 0.388 e. The molecular weight excluding hydrogens is 1940 g/mol. The Morgan fingerprint density at radius 3 is 0.764 bits per heavy atom. The fourth-order valence-corrected chi connectivity index (χ4v) is 13.8. The van der Waals surface area contributed by atoms with Crippen molar-refractivity contribution in [2.45, 2.75) is 489 Å². The monoisotopic (exact) mass is 2120 g/mol. The second-order valence-corrected chi connectivity index (χ2v) is 43.2. The molecule has 10 aromatic heterocycles. The maximum Gasteiger partial charge on any atom is 0.346 e. The molecule has 0 fully saturated rings. The Morgan fingerprint density at radius 1 is 0.284 bits per heavy atom. The summed E-state index contributed by atoms with van der Waals surface area (Å²) < 4.78 is 102. The first-order chi connectivity index (χ1) is 68.1. The Bertz CT molecular complexity index is 6300. The molecule has 0 aliphatic carbocycles. The van der Waals surface area contributed by atoms with Crippen molar-refractivity contribution >= 4 is 0 Å². The molecule has 0 aromatic carbocycles. The van der Waals surface area contributed by atoms with Gasteiger partial charge < -0.3 is 30.6 Å². The molecule has 148 heavy (non-hydrogen) atoms. The predicted molar refractivity (Wildman–Crippen MR) is 554 cm³/mol. The molecule has 46 nitrogen and oxygen atoms in total. The van der Waals surface area contributed by atoms with Crippen molar-refractivity contribution in [1.29, 1.82) is 0 Å². The minimum absolute atomic E-state index is 0.00995. The van der Waals surface area contributed by atoms with Crippen LogP contribution in [0.1, 0.15) is 378 Å². The molecule has 846 valence electrons. The molecule has 1 unspecified atom stereocenters. The lowest BCUT2D eigenvalue weighted by Crippen LogP contribution is -2.36. The van der Waals surface area contributed by atoms with Gasteiger partial charge in [-0.25, -0.2) is 121 Å². The van der Waals surface area contributed by atoms with Crippen LogP contribution in [0.4, 0.5) is 26.3 Å². The number of halogens is 6. The summed E-state index contributed by atoms with van der Waals surface area (Å²) in [6, 6.07) is -0.0349. The van der Waals surface area contributed by atoms with Gasteiger partial charge in [-0.15, -0.1) is 6.58 Å². The highest BCUT2D eigenvalue weighted by Gasteiger charge is 2.31. The van der Waals surface area contributed by atoms with Crippen LogP contribution in [0.25, 0.3) is 0 Å². The van der Waals surface area contributed by atoms with Gasteiger partial charge >= 0.3 is 56.9 Å². The second kappa shape index (κ2) is 58.0. The lowest BCUT2D eigenvalue weighted by molar-refractivity contribution is 0.121. The van der Waals surface area contributed by atoms with Crippen molar-refractivity contribution in [3.05, 3.63) is 176 Å². The minimum Gasteiger partial charge on any atom is -0.388 e. The van der Waals surface area contributed by atoms with Gasteiger partial charge in [0.2, 0.25) is 0 Å². The molecule has 10 aromatic rings. The van der Waals surface area contributed by atoms with Gasteiger partial charge in [-0.2, -0.15) is 51.0 Å². The zero-order valence-corrected chi connectivity index (χ0v) is 94.9. The highest BCUT2D eigenvalue weighted by Crippen LogP contribution is 2.20. The van der Waals surface area contributed by atoms with Crippen LogP contribution in [0.3, 0.4) is 0 Å². The molecule has 0 amide bonds. The first-order valence-corrected chi connectivity index (χ1v) is 49.9. The minimum atomic E-state index is -2.65. The summed E-state index contributed by atoms with van der Waals surface area (Å²) in [7, 11) is 0. The maximum atomic E-state index is 12.8. The number of aliphatic hydroxyl groups is 6. The Morgan fingerprint density at radius 2 is 0.514 bits per heavy atom. The second-order valence-electron chi connectivity index (χ2n) is 43.2. The summed E-state index contributed by atoms with van der Waals surface area (Å²) in [6.07, 6.45) is 2.51. The third-order valence-corrected chi connectivity index (χ3v) is 21.1. The molecule has 10 rings (SSSR count). The van der Waals surface area contributed by atoms with Crippen LogP contribution in [0.5, 0.6) is 0 Å². The number of rotatable bonds is 29. The number of allylic oxidation sites excluding steroid dienone is 1. The van der Waals surface area contributed by atoms with E-state index in [1.165, 1.54) is 83.2 Å². The van der Waals surface area contributed by atoms with E-state index < -0.39 is 74.7 Å². The van der Waals surface area contributed by atoms with Crippen LogP contribution in [0.2, 0.25) is 0 Å². The van der Waals surface area contributed by atoms with Crippen LogP contribution >= 0.6 is 0 Å². The topological polar surface area (TPSA) is 520 Å². The molecular formula is C96H174F6N30O16. The van der Waals surface area contributed by atoms with E-state index in [-0.39, 0.29) is 153 Å². The Balaban J connectivity index is 0.000000823. The molecule has 6 N–H and O–H groups in total. The standard InChI is InChI=1S/C11H20FN3O.C10H18FN3O.3C10H19N3O2.C10H17N3O2.C9H15F2N3O2.C9H16FN3O.C9H17N3O2.C8H14FN3O/c1-5-6-7-14-9(8-12)13-15(10(14)16)11(2,3)4;1-5-6-13-8(7-11)12-14(9(13)15)10(2,3)4;1-7(2)12-8(6-14)11-13(9(12)15)10(3,4)5;1-6-12-8(7(2)14)11-13(9(12)15)10(3,4)5;2*1-5-6-12-8(7-14)11-13(9(12)15)10(2,3)4;1-9(2,3)14-8(16)13(4-6(10)11)7(5-15)12-14;1-4-5-12-8(6-10)11-13(7(2)3)9(12)14;1-5-11-7(6-13)10-12(8(11)14)9(2,3)4;1-4-11-7(5-9)10-12(6(2)3)8(11)13/h5-8H2,1-4H3;5-7H2,1-4H3;2*7,14H,6H2,1-5H3;14H,5-7H2,1-4H3;5,14H,1,6-7H2,2-4H3;6,15H,4-5H2,1-3H3;7H,4-6H2,1-3H3;13H,5-6H2,1-4H3;6H,4-5H2,1-3H3. The van der Waals surface area contributed by atoms with Gasteiger partial charge in [-0.1, -0.05) is 40.2 Å². The zero-order chi connectivity index (χ0) is 115. The summed E-state index contributed by atoms with van der Waals surface area (Å²) in [6.45, 7) is 74.0. The van der Waals surface area contributed by atoms with E-state index in [0.717, 1.165) is 41.4 Å². The average molecular weight is 2120 g/mol. The summed E-state index contributed by atoms with van der Waals surface area (Å²) in [5, 5.41) is 95.1. The smallest absolute Gasteiger partial charge is 0.346 e. The van der Waals surface area contributed by atoms with E-state index in [0.29, 0.717) is 81.5 Å². The van der Waals surface area contributed by atoms with Gasteiger partial charge in [0.15, 0.2) is 58.2 Å². The molecule has 0 aliphatic heterocycles. The van der Waals surface area contributed by atoms with Crippen molar-refractivity contribution in [3.63, 3.8) is 0 Å². The first-order valence-electron chi connectivity index (χ1n) is 49.9. The third kappa shape index (κ3) is 36.4. The molecule has 0 spiro atoms. The molecule has 0 bridgehead atoms. The van der Waals surface area contributed by atoms with Gasteiger partial charge in [-0.05, 0) is 261 Å². The Labute approximate surface area is 861 Å². The fourth-order valence-electron chi connectivity index (χ4n) is 13.8. The Kier molecular flexibility index (Phi) is 52.7. The lowest BCUT2D eigenvalue weighted by atomic mass is 10.1. The average Bonchev–Trinajstić information content (AvgIpc) is 1.56. The highest BCUT2D eigenvalue weighted by atomic mass is 19.3. The molecule has 10 heterocycles. The quantitative estimate of drug-likeness (QED) is 0.0187. The van der Waals surface area contributed by atoms with E-state index in [1.54, 1.807) is 40.7 Å². The number of aliphatic hydroxyl groups excluding tert-OH is 6. The summed E-state index contributed by atoms with van der Waals surface area (Å²) >= 11 is 0. The van der Waals surface area contributed by atoms with Gasteiger partial charge in [-0.3, -0.25) is 45.7 Å². The number of hydrogen-bond acceptors (Lipinski definition) is 26. The molecule has 0 aliphatic rings.